The highest BCUT2D eigenvalue weighted by Gasteiger charge is 2.37. The van der Waals surface area contributed by atoms with Crippen LogP contribution in [0.25, 0.3) is 39.7 Å². The Bertz CT molecular complexity index is 1870. The second-order valence-electron chi connectivity index (χ2n) is 12.1. The van der Waals surface area contributed by atoms with Crippen LogP contribution in [0, 0.1) is 5.92 Å². The van der Waals surface area contributed by atoms with Gasteiger partial charge in [-0.3, -0.25) is 4.79 Å². The summed E-state index contributed by atoms with van der Waals surface area (Å²) >= 11 is 0. The van der Waals surface area contributed by atoms with E-state index in [9.17, 15) is 4.79 Å². The van der Waals surface area contributed by atoms with Gasteiger partial charge < -0.3 is 24.5 Å². The number of hydrogen-bond acceptors (Lipinski definition) is 5. The van der Waals surface area contributed by atoms with Crippen molar-refractivity contribution in [1.29, 1.82) is 0 Å². The van der Waals surface area contributed by atoms with Crippen LogP contribution in [0.5, 0.6) is 5.75 Å². The second-order valence-corrected chi connectivity index (χ2v) is 12.1. The molecule has 8 nitrogen and oxygen atoms in total. The average molecular weight is 575 g/mol. The Kier molecular flexibility index (Phi) is 7.01. The molecule has 2 aliphatic rings. The number of fused-ring (bicyclic) bond motifs is 9. The van der Waals surface area contributed by atoms with Gasteiger partial charge in [-0.25, -0.2) is 9.97 Å². The van der Waals surface area contributed by atoms with Gasteiger partial charge in [0.1, 0.15) is 16.9 Å². The molecule has 1 fully saturated rings. The number of aryl methyl sites for hydroxylation is 1. The highest BCUT2D eigenvalue weighted by molar-refractivity contribution is 6.00. The normalized spacial score (nSPS) is 21.4. The van der Waals surface area contributed by atoms with E-state index in [0.717, 1.165) is 65.0 Å². The molecule has 2 aromatic carbocycles. The van der Waals surface area contributed by atoms with E-state index < -0.39 is 0 Å². The first-order chi connectivity index (χ1) is 20.9. The molecular weight excluding hydrogens is 536 g/mol. The molecule has 1 saturated heterocycles. The first-order valence-corrected chi connectivity index (χ1v) is 15.3. The summed E-state index contributed by atoms with van der Waals surface area (Å²) < 4.78 is 10.5. The second kappa shape index (κ2) is 11.0. The van der Waals surface area contributed by atoms with Crippen LogP contribution in [0.15, 0.2) is 66.9 Å². The first kappa shape index (κ1) is 27.4. The number of nitrogens with two attached hydrogens (primary N) is 1. The molecule has 2 aliphatic heterocycles. The molecule has 8 heteroatoms. The van der Waals surface area contributed by atoms with Crippen LogP contribution in [-0.2, 0) is 13.1 Å². The van der Waals surface area contributed by atoms with E-state index in [-0.39, 0.29) is 23.9 Å². The van der Waals surface area contributed by atoms with Gasteiger partial charge in [-0.05, 0) is 79.6 Å². The van der Waals surface area contributed by atoms with Crippen molar-refractivity contribution in [2.75, 3.05) is 13.7 Å². The SMILES string of the molecule is COc1cc(C(=O)N2C[C@@H](C)[C@@H](N)[C@H]2C)cc2nc3n(c12)Cc1cccc(c1)/C=C\CCCCn1c-3cc2cccnc21. The predicted molar refractivity (Wildman–Crippen MR) is 171 cm³/mol. The third-order valence-electron chi connectivity index (χ3n) is 9.21. The molecule has 3 atom stereocenters. The summed E-state index contributed by atoms with van der Waals surface area (Å²) in [7, 11) is 1.66. The Morgan fingerprint density at radius 3 is 2.74 bits per heavy atom. The number of imidazole rings is 1. The summed E-state index contributed by atoms with van der Waals surface area (Å²) in [5, 5.41) is 1.08. The number of carbonyl (C=O) groups excluding carboxylic acids is 1. The smallest absolute Gasteiger partial charge is 0.254 e. The molecule has 7 rings (SSSR count). The van der Waals surface area contributed by atoms with Gasteiger partial charge in [-0.15, -0.1) is 0 Å². The van der Waals surface area contributed by atoms with Gasteiger partial charge >= 0.3 is 0 Å². The zero-order chi connectivity index (χ0) is 29.7. The Hall–Kier alpha value is -4.43. The van der Waals surface area contributed by atoms with E-state index in [1.165, 1.54) is 5.56 Å². The molecule has 0 unspecified atom stereocenters. The number of ether oxygens (including phenoxy) is 1. The first-order valence-electron chi connectivity index (χ1n) is 15.3. The lowest BCUT2D eigenvalue weighted by Gasteiger charge is -2.23. The highest BCUT2D eigenvalue weighted by atomic mass is 16.5. The molecule has 0 spiro atoms. The molecule has 3 aromatic heterocycles. The van der Waals surface area contributed by atoms with Crippen molar-refractivity contribution in [1.82, 2.24) is 24.0 Å². The number of allylic oxidation sites excluding steroid dienone is 1. The summed E-state index contributed by atoms with van der Waals surface area (Å²) in [6, 6.07) is 18.6. The molecule has 43 heavy (non-hydrogen) atoms. The molecule has 2 N–H and O–H groups in total. The lowest BCUT2D eigenvalue weighted by Crippen LogP contribution is -2.40. The summed E-state index contributed by atoms with van der Waals surface area (Å²) in [6.45, 7) is 6.21. The van der Waals surface area contributed by atoms with Gasteiger partial charge in [0.15, 0.2) is 5.82 Å². The fraction of sp³-hybridized carbons (Fsp3) is 0.343. The number of methoxy groups -OCH3 is 1. The monoisotopic (exact) mass is 574 g/mol. The maximum Gasteiger partial charge on any atom is 0.254 e. The van der Waals surface area contributed by atoms with Gasteiger partial charge in [0.2, 0.25) is 0 Å². The van der Waals surface area contributed by atoms with Crippen molar-refractivity contribution >= 4 is 34.1 Å². The van der Waals surface area contributed by atoms with Crippen LogP contribution in [-0.4, -0.2) is 55.6 Å². The maximum atomic E-state index is 13.8. The molecule has 0 aliphatic carbocycles. The fourth-order valence-corrected chi connectivity index (χ4v) is 6.80. The van der Waals surface area contributed by atoms with Crippen LogP contribution in [0.1, 0.15) is 54.6 Å². The minimum absolute atomic E-state index is 0.0375. The van der Waals surface area contributed by atoms with E-state index in [2.05, 4.69) is 64.6 Å². The van der Waals surface area contributed by atoms with Gasteiger partial charge in [0.05, 0.1) is 18.3 Å². The number of hydrogen-bond donors (Lipinski definition) is 1. The van der Waals surface area contributed by atoms with Crippen molar-refractivity contribution in [2.45, 2.75) is 58.3 Å². The molecule has 2 bridgehead atoms. The van der Waals surface area contributed by atoms with E-state index in [0.29, 0.717) is 24.4 Å². The minimum Gasteiger partial charge on any atom is -0.494 e. The van der Waals surface area contributed by atoms with E-state index in [1.54, 1.807) is 7.11 Å². The third-order valence-corrected chi connectivity index (χ3v) is 9.21. The fourth-order valence-electron chi connectivity index (χ4n) is 6.80. The van der Waals surface area contributed by atoms with Crippen molar-refractivity contribution < 1.29 is 9.53 Å². The number of benzene rings is 2. The van der Waals surface area contributed by atoms with Gasteiger partial charge in [0, 0.05) is 48.9 Å². The van der Waals surface area contributed by atoms with Crippen LogP contribution >= 0.6 is 0 Å². The Balaban J connectivity index is 1.45. The number of aromatic nitrogens is 4. The van der Waals surface area contributed by atoms with E-state index in [4.69, 9.17) is 20.4 Å². The van der Waals surface area contributed by atoms with Gasteiger partial charge in [-0.1, -0.05) is 37.3 Å². The van der Waals surface area contributed by atoms with Gasteiger partial charge in [-0.2, -0.15) is 0 Å². The number of nitrogens with zero attached hydrogens (tertiary/aromatic N) is 5. The number of likely N-dealkylation sites (tertiary alicyclic amines) is 1. The van der Waals surface area contributed by atoms with Crippen molar-refractivity contribution in [3.05, 3.63) is 83.6 Å². The summed E-state index contributed by atoms with van der Waals surface area (Å²) in [6.07, 6.45) is 9.46. The zero-order valence-corrected chi connectivity index (χ0v) is 25.0. The average Bonchev–Trinajstić information content (AvgIpc) is 3.65. The quantitative estimate of drug-likeness (QED) is 0.275. The Morgan fingerprint density at radius 1 is 1.05 bits per heavy atom. The molecule has 0 saturated carbocycles. The largest absolute Gasteiger partial charge is 0.494 e. The standard InChI is InChI=1S/C35H38N6O2/c1-22-20-40(23(2)31(22)36)35(42)27-17-28-32(30(19-27)43-3)41-21-25-12-8-11-24(16-25)10-6-4-5-7-15-39-29(34(41)38-28)18-26-13-9-14-37-33(26)39/h6,8-14,16-19,22-23,31H,4-5,7,15,20-21,36H2,1-3H3/b10-6-/t22-,23-,31-/m1/s1. The summed E-state index contributed by atoms with van der Waals surface area (Å²) in [4.78, 5) is 25.7. The molecule has 0 radical (unpaired) electrons. The number of carbonyl (C=O) groups is 1. The summed E-state index contributed by atoms with van der Waals surface area (Å²) in [5.74, 6) is 1.66. The number of rotatable bonds is 2. The van der Waals surface area contributed by atoms with Crippen molar-refractivity contribution in [2.24, 2.45) is 11.7 Å². The van der Waals surface area contributed by atoms with Crippen LogP contribution < -0.4 is 10.5 Å². The predicted octanol–water partition coefficient (Wildman–Crippen LogP) is 6.11. The molecule has 1 amide bonds. The Morgan fingerprint density at radius 2 is 1.93 bits per heavy atom. The van der Waals surface area contributed by atoms with Crippen molar-refractivity contribution in [3.63, 3.8) is 0 Å². The lowest BCUT2D eigenvalue weighted by atomic mass is 10.0. The maximum absolute atomic E-state index is 13.8. The highest BCUT2D eigenvalue weighted by Crippen LogP contribution is 2.36. The summed E-state index contributed by atoms with van der Waals surface area (Å²) in [5.41, 5.74) is 12.9. The topological polar surface area (TPSA) is 91.2 Å². The van der Waals surface area contributed by atoms with Gasteiger partial charge in [0.25, 0.3) is 5.91 Å². The van der Waals surface area contributed by atoms with Crippen LogP contribution in [0.3, 0.4) is 0 Å². The number of pyridine rings is 1. The molecule has 220 valence electrons. The zero-order valence-electron chi connectivity index (χ0n) is 25.0. The molecule has 5 heterocycles. The van der Waals surface area contributed by atoms with Crippen molar-refractivity contribution in [3.8, 4) is 17.3 Å². The minimum atomic E-state index is -0.0439. The Labute approximate surface area is 251 Å². The molecule has 5 aromatic rings. The van der Waals surface area contributed by atoms with E-state index >= 15 is 0 Å². The van der Waals surface area contributed by atoms with Crippen LogP contribution in [0.2, 0.25) is 0 Å². The number of amides is 1. The van der Waals surface area contributed by atoms with E-state index in [1.807, 2.05) is 36.2 Å². The van der Waals surface area contributed by atoms with Crippen LogP contribution in [0.4, 0.5) is 0 Å². The lowest BCUT2D eigenvalue weighted by molar-refractivity contribution is 0.0739. The molecular formula is C35H38N6O2. The third kappa shape index (κ3) is 4.79.